The van der Waals surface area contributed by atoms with E-state index in [2.05, 4.69) is 10.3 Å². The molecule has 1 aromatic heterocycles. The van der Waals surface area contributed by atoms with Crippen LogP contribution in [0.2, 0.25) is 0 Å². The summed E-state index contributed by atoms with van der Waals surface area (Å²) < 4.78 is 4.83. The Labute approximate surface area is 85.7 Å². The normalized spacial score (nSPS) is 12.4. The summed E-state index contributed by atoms with van der Waals surface area (Å²) in [6.45, 7) is 0.152. The highest BCUT2D eigenvalue weighted by molar-refractivity contribution is 7.11. The van der Waals surface area contributed by atoms with Crippen molar-refractivity contribution in [2.75, 3.05) is 20.3 Å². The Morgan fingerprint density at radius 2 is 2.64 bits per heavy atom. The zero-order valence-electron chi connectivity index (χ0n) is 7.77. The van der Waals surface area contributed by atoms with E-state index in [1.165, 1.54) is 24.6 Å². The van der Waals surface area contributed by atoms with E-state index >= 15 is 0 Å². The molecule has 0 saturated heterocycles. The molecule has 0 radical (unpaired) electrons. The predicted molar refractivity (Wildman–Crippen MR) is 52.3 cm³/mol. The maximum Gasteiger partial charge on any atom is 0.263 e. The van der Waals surface area contributed by atoms with Gasteiger partial charge in [0.1, 0.15) is 4.88 Å². The molecule has 1 rings (SSSR count). The Morgan fingerprint density at radius 1 is 1.86 bits per heavy atom. The van der Waals surface area contributed by atoms with Crippen LogP contribution in [-0.4, -0.2) is 42.4 Å². The maximum atomic E-state index is 11.4. The van der Waals surface area contributed by atoms with E-state index in [-0.39, 0.29) is 18.6 Å². The van der Waals surface area contributed by atoms with Gasteiger partial charge in [0.05, 0.1) is 31.0 Å². The molecule has 1 amide bonds. The molecule has 6 heteroatoms. The van der Waals surface area contributed by atoms with Crippen molar-refractivity contribution in [3.63, 3.8) is 0 Å². The van der Waals surface area contributed by atoms with Crippen LogP contribution in [0.1, 0.15) is 9.67 Å². The van der Waals surface area contributed by atoms with Crippen molar-refractivity contribution in [2.24, 2.45) is 0 Å². The topological polar surface area (TPSA) is 71.5 Å². The molecule has 0 spiro atoms. The molecule has 0 saturated carbocycles. The molecule has 2 N–H and O–H groups in total. The number of rotatable bonds is 5. The molecule has 0 aromatic carbocycles. The number of methoxy groups -OCH3 is 1. The maximum absolute atomic E-state index is 11.4. The minimum Gasteiger partial charge on any atom is -0.394 e. The van der Waals surface area contributed by atoms with E-state index in [9.17, 15) is 4.79 Å². The lowest BCUT2D eigenvalue weighted by atomic mass is 10.3. The number of thiazole rings is 1. The van der Waals surface area contributed by atoms with Gasteiger partial charge in [-0.2, -0.15) is 0 Å². The third kappa shape index (κ3) is 3.06. The summed E-state index contributed by atoms with van der Waals surface area (Å²) in [6, 6.07) is -0.366. The van der Waals surface area contributed by atoms with Gasteiger partial charge in [0.25, 0.3) is 5.91 Å². The highest BCUT2D eigenvalue weighted by Crippen LogP contribution is 2.04. The summed E-state index contributed by atoms with van der Waals surface area (Å²) in [6.07, 6.45) is 1.49. The zero-order chi connectivity index (χ0) is 10.4. The average molecular weight is 216 g/mol. The van der Waals surface area contributed by atoms with E-state index in [0.29, 0.717) is 11.5 Å². The Morgan fingerprint density at radius 3 is 3.14 bits per heavy atom. The second-order valence-corrected chi connectivity index (χ2v) is 3.56. The quantitative estimate of drug-likeness (QED) is 0.720. The number of carbonyl (C=O) groups excluding carboxylic acids is 1. The van der Waals surface area contributed by atoms with Gasteiger partial charge in [-0.3, -0.25) is 9.78 Å². The Hall–Kier alpha value is -0.980. The van der Waals surface area contributed by atoms with Gasteiger partial charge < -0.3 is 15.2 Å². The lowest BCUT2D eigenvalue weighted by Crippen LogP contribution is -2.40. The molecule has 0 aliphatic heterocycles. The molecule has 5 nitrogen and oxygen atoms in total. The van der Waals surface area contributed by atoms with Crippen molar-refractivity contribution in [3.8, 4) is 0 Å². The number of aromatic nitrogens is 1. The van der Waals surface area contributed by atoms with Crippen molar-refractivity contribution in [1.82, 2.24) is 10.3 Å². The monoisotopic (exact) mass is 216 g/mol. The molecule has 0 fully saturated rings. The molecule has 1 heterocycles. The first-order valence-electron chi connectivity index (χ1n) is 4.07. The Balaban J connectivity index is 2.47. The summed E-state index contributed by atoms with van der Waals surface area (Å²) >= 11 is 1.26. The first-order chi connectivity index (χ1) is 6.77. The van der Waals surface area contributed by atoms with Gasteiger partial charge in [0.2, 0.25) is 0 Å². The number of hydrogen-bond acceptors (Lipinski definition) is 5. The van der Waals surface area contributed by atoms with Crippen molar-refractivity contribution >= 4 is 17.2 Å². The van der Waals surface area contributed by atoms with Gasteiger partial charge >= 0.3 is 0 Å². The standard InChI is InChI=1S/C8H12N2O3S/c1-13-4-6(3-11)10-8(12)7-2-9-5-14-7/h2,5-6,11H,3-4H2,1H3,(H,10,12). The third-order valence-electron chi connectivity index (χ3n) is 1.58. The van der Waals surface area contributed by atoms with Crippen LogP contribution in [0.4, 0.5) is 0 Å². The number of aliphatic hydroxyl groups excluding tert-OH is 1. The predicted octanol–water partition coefficient (Wildman–Crippen LogP) is -0.120. The molecule has 1 aromatic rings. The molecule has 0 aliphatic carbocycles. The van der Waals surface area contributed by atoms with Crippen LogP contribution >= 0.6 is 11.3 Å². The smallest absolute Gasteiger partial charge is 0.263 e. The highest BCUT2D eigenvalue weighted by Gasteiger charge is 2.13. The number of ether oxygens (including phenoxy) is 1. The van der Waals surface area contributed by atoms with Crippen LogP contribution in [0.3, 0.4) is 0 Å². The van der Waals surface area contributed by atoms with Gasteiger partial charge in [-0.15, -0.1) is 11.3 Å². The minimum absolute atomic E-state index is 0.140. The number of hydrogen-bond donors (Lipinski definition) is 2. The van der Waals surface area contributed by atoms with Crippen molar-refractivity contribution in [3.05, 3.63) is 16.6 Å². The van der Waals surface area contributed by atoms with E-state index in [1.807, 2.05) is 0 Å². The van der Waals surface area contributed by atoms with Crippen molar-refractivity contribution in [2.45, 2.75) is 6.04 Å². The van der Waals surface area contributed by atoms with Gasteiger partial charge in [0, 0.05) is 7.11 Å². The molecular weight excluding hydrogens is 204 g/mol. The Kier molecular flexibility index (Phi) is 4.51. The van der Waals surface area contributed by atoms with Gasteiger partial charge in [-0.1, -0.05) is 0 Å². The summed E-state index contributed by atoms with van der Waals surface area (Å²) in [7, 11) is 1.52. The first kappa shape index (κ1) is 11.1. The molecule has 1 unspecified atom stereocenters. The van der Waals surface area contributed by atoms with Crippen molar-refractivity contribution in [1.29, 1.82) is 0 Å². The van der Waals surface area contributed by atoms with E-state index in [0.717, 1.165) is 0 Å². The largest absolute Gasteiger partial charge is 0.394 e. The number of nitrogens with zero attached hydrogens (tertiary/aromatic N) is 1. The van der Waals surface area contributed by atoms with E-state index in [4.69, 9.17) is 9.84 Å². The minimum atomic E-state index is -0.366. The fourth-order valence-corrected chi connectivity index (χ4v) is 1.45. The average Bonchev–Trinajstić information content (AvgIpc) is 2.69. The summed E-state index contributed by atoms with van der Waals surface area (Å²) in [4.78, 5) is 15.8. The van der Waals surface area contributed by atoms with Gasteiger partial charge in [-0.25, -0.2) is 0 Å². The van der Waals surface area contributed by atoms with Crippen molar-refractivity contribution < 1.29 is 14.6 Å². The van der Waals surface area contributed by atoms with Crippen LogP contribution in [0.15, 0.2) is 11.7 Å². The fourth-order valence-electron chi connectivity index (χ4n) is 0.926. The van der Waals surface area contributed by atoms with E-state index < -0.39 is 0 Å². The fraction of sp³-hybridized carbons (Fsp3) is 0.500. The van der Waals surface area contributed by atoms with Crippen LogP contribution in [0.5, 0.6) is 0 Å². The van der Waals surface area contributed by atoms with E-state index in [1.54, 1.807) is 5.51 Å². The third-order valence-corrected chi connectivity index (χ3v) is 2.35. The lowest BCUT2D eigenvalue weighted by molar-refractivity contribution is 0.0843. The number of carbonyl (C=O) groups is 1. The van der Waals surface area contributed by atoms with Gasteiger partial charge in [0.15, 0.2) is 0 Å². The SMILES string of the molecule is COCC(CO)NC(=O)c1cncs1. The molecule has 1 atom stereocenters. The first-order valence-corrected chi connectivity index (χ1v) is 4.95. The second-order valence-electron chi connectivity index (χ2n) is 2.67. The summed E-state index contributed by atoms with van der Waals surface area (Å²) in [5, 5.41) is 11.5. The zero-order valence-corrected chi connectivity index (χ0v) is 8.58. The Bertz CT molecular complexity index is 276. The molecule has 0 bridgehead atoms. The van der Waals surface area contributed by atoms with Crippen LogP contribution in [-0.2, 0) is 4.74 Å². The summed E-state index contributed by atoms with van der Waals surface area (Å²) in [5.41, 5.74) is 1.58. The molecular formula is C8H12N2O3S. The second kappa shape index (κ2) is 5.69. The van der Waals surface area contributed by atoms with Crippen LogP contribution < -0.4 is 5.32 Å². The molecule has 0 aliphatic rings. The lowest BCUT2D eigenvalue weighted by Gasteiger charge is -2.13. The summed E-state index contributed by atoms with van der Waals surface area (Å²) in [5.74, 6) is -0.233. The number of aliphatic hydroxyl groups is 1. The highest BCUT2D eigenvalue weighted by atomic mass is 32.1. The molecule has 14 heavy (non-hydrogen) atoms. The van der Waals surface area contributed by atoms with Gasteiger partial charge in [-0.05, 0) is 0 Å². The van der Waals surface area contributed by atoms with Crippen LogP contribution in [0, 0.1) is 0 Å². The number of nitrogens with one attached hydrogen (secondary N) is 1. The van der Waals surface area contributed by atoms with Crippen LogP contribution in [0.25, 0.3) is 0 Å². The number of amides is 1. The molecule has 78 valence electrons.